The maximum atomic E-state index is 12.7. The van der Waals surface area contributed by atoms with Gasteiger partial charge in [-0.2, -0.15) is 13.2 Å². The fourth-order valence-electron chi connectivity index (χ4n) is 2.30. The highest BCUT2D eigenvalue weighted by Gasteiger charge is 2.40. The van der Waals surface area contributed by atoms with Crippen LogP contribution in [0, 0.1) is 0 Å². The summed E-state index contributed by atoms with van der Waals surface area (Å²) in [6.45, 7) is 1.97. The SMILES string of the molecule is CCCc1nnc(NC(=O)CC(NC(=O)C(F)(F)F)c2ccc(OC)cc2)s1. The highest BCUT2D eigenvalue weighted by molar-refractivity contribution is 7.15. The topological polar surface area (TPSA) is 93.2 Å². The normalized spacial score (nSPS) is 12.3. The molecule has 28 heavy (non-hydrogen) atoms. The van der Waals surface area contributed by atoms with Crippen LogP contribution in [0.15, 0.2) is 24.3 Å². The number of carbonyl (C=O) groups is 2. The molecular formula is C17H19F3N4O3S. The van der Waals surface area contributed by atoms with E-state index in [0.717, 1.165) is 11.4 Å². The summed E-state index contributed by atoms with van der Waals surface area (Å²) >= 11 is 1.19. The third kappa shape index (κ3) is 6.19. The Morgan fingerprint density at radius 1 is 1.21 bits per heavy atom. The zero-order chi connectivity index (χ0) is 20.7. The van der Waals surface area contributed by atoms with E-state index in [1.807, 2.05) is 12.2 Å². The van der Waals surface area contributed by atoms with Crippen LogP contribution in [0.2, 0.25) is 0 Å². The number of nitrogens with zero attached hydrogens (tertiary/aromatic N) is 2. The van der Waals surface area contributed by atoms with E-state index in [4.69, 9.17) is 4.74 Å². The van der Waals surface area contributed by atoms with Crippen molar-refractivity contribution in [3.63, 3.8) is 0 Å². The molecule has 1 heterocycles. The van der Waals surface area contributed by atoms with Gasteiger partial charge in [0.15, 0.2) is 0 Å². The number of hydrogen-bond acceptors (Lipinski definition) is 6. The van der Waals surface area contributed by atoms with Gasteiger partial charge in [0, 0.05) is 6.42 Å². The monoisotopic (exact) mass is 416 g/mol. The van der Waals surface area contributed by atoms with Gasteiger partial charge in [-0.3, -0.25) is 9.59 Å². The van der Waals surface area contributed by atoms with E-state index in [1.165, 1.54) is 42.7 Å². The fraction of sp³-hybridized carbons (Fsp3) is 0.412. The van der Waals surface area contributed by atoms with Crippen LogP contribution in [0.1, 0.15) is 36.4 Å². The zero-order valence-corrected chi connectivity index (χ0v) is 16.0. The van der Waals surface area contributed by atoms with E-state index < -0.39 is 30.5 Å². The standard InChI is InChI=1S/C17H19F3N4O3S/c1-3-4-14-23-24-16(28-14)22-13(25)9-12(21-15(26)17(18,19)20)10-5-7-11(27-2)8-6-10/h5-8,12H,3-4,9H2,1-2H3,(H,21,26)(H,22,24,25). The minimum Gasteiger partial charge on any atom is -0.497 e. The van der Waals surface area contributed by atoms with Gasteiger partial charge in [-0.15, -0.1) is 10.2 Å². The van der Waals surface area contributed by atoms with Crippen molar-refractivity contribution in [1.29, 1.82) is 0 Å². The average molecular weight is 416 g/mol. The number of hydrogen-bond donors (Lipinski definition) is 2. The molecule has 152 valence electrons. The Bertz CT molecular complexity index is 809. The molecule has 11 heteroatoms. The van der Waals surface area contributed by atoms with Gasteiger partial charge in [-0.1, -0.05) is 30.4 Å². The smallest absolute Gasteiger partial charge is 0.471 e. The molecule has 2 amide bonds. The van der Waals surface area contributed by atoms with Gasteiger partial charge in [-0.05, 0) is 24.1 Å². The quantitative estimate of drug-likeness (QED) is 0.689. The fourth-order valence-corrected chi connectivity index (χ4v) is 3.16. The highest BCUT2D eigenvalue weighted by Crippen LogP contribution is 2.24. The molecule has 2 aromatic rings. The lowest BCUT2D eigenvalue weighted by Gasteiger charge is -2.19. The largest absolute Gasteiger partial charge is 0.497 e. The first-order valence-corrected chi connectivity index (χ1v) is 9.18. The second-order valence-corrected chi connectivity index (χ2v) is 6.86. The predicted molar refractivity (Wildman–Crippen MR) is 97.1 cm³/mol. The molecule has 2 rings (SSSR count). The number of aryl methyl sites for hydroxylation is 1. The number of alkyl halides is 3. The number of amides is 2. The zero-order valence-electron chi connectivity index (χ0n) is 15.2. The van der Waals surface area contributed by atoms with Crippen LogP contribution in [0.3, 0.4) is 0 Å². The minimum atomic E-state index is -5.06. The number of halogens is 3. The first-order valence-electron chi connectivity index (χ1n) is 8.36. The van der Waals surface area contributed by atoms with Crippen LogP contribution < -0.4 is 15.4 Å². The molecule has 1 unspecified atom stereocenters. The maximum absolute atomic E-state index is 12.7. The summed E-state index contributed by atoms with van der Waals surface area (Å²) in [5.41, 5.74) is 0.331. The van der Waals surface area contributed by atoms with Crippen molar-refractivity contribution < 1.29 is 27.5 Å². The van der Waals surface area contributed by atoms with Gasteiger partial charge in [0.1, 0.15) is 10.8 Å². The Kier molecular flexibility index (Phi) is 7.32. The van der Waals surface area contributed by atoms with Crippen molar-refractivity contribution in [2.45, 2.75) is 38.4 Å². The van der Waals surface area contributed by atoms with Crippen LogP contribution >= 0.6 is 11.3 Å². The van der Waals surface area contributed by atoms with E-state index in [9.17, 15) is 22.8 Å². The van der Waals surface area contributed by atoms with Gasteiger partial charge in [0.05, 0.1) is 19.6 Å². The Balaban J connectivity index is 2.12. The summed E-state index contributed by atoms with van der Waals surface area (Å²) in [6.07, 6.45) is -3.89. The van der Waals surface area contributed by atoms with E-state index in [2.05, 4.69) is 15.5 Å². The first-order chi connectivity index (χ1) is 13.2. The lowest BCUT2D eigenvalue weighted by molar-refractivity contribution is -0.174. The summed E-state index contributed by atoms with van der Waals surface area (Å²) in [6, 6.07) is 4.85. The van der Waals surface area contributed by atoms with Crippen LogP contribution in [-0.2, 0) is 16.0 Å². The third-order valence-corrected chi connectivity index (χ3v) is 4.55. The first kappa shape index (κ1) is 21.6. The van der Waals surface area contributed by atoms with Crippen molar-refractivity contribution in [3.05, 3.63) is 34.8 Å². The number of methoxy groups -OCH3 is 1. The lowest BCUT2D eigenvalue weighted by Crippen LogP contribution is -2.40. The number of carbonyl (C=O) groups excluding carboxylic acids is 2. The number of benzene rings is 1. The summed E-state index contributed by atoms with van der Waals surface area (Å²) in [5.74, 6) is -2.23. The van der Waals surface area contributed by atoms with Crippen molar-refractivity contribution in [1.82, 2.24) is 15.5 Å². The molecule has 0 aliphatic carbocycles. The maximum Gasteiger partial charge on any atom is 0.471 e. The van der Waals surface area contributed by atoms with Crippen molar-refractivity contribution >= 4 is 28.3 Å². The molecule has 7 nitrogen and oxygen atoms in total. The number of nitrogens with one attached hydrogen (secondary N) is 2. The molecule has 0 saturated heterocycles. The summed E-state index contributed by atoms with van der Waals surface area (Å²) < 4.78 is 43.0. The number of anilines is 1. The van der Waals surface area contributed by atoms with Gasteiger partial charge in [0.25, 0.3) is 0 Å². The van der Waals surface area contributed by atoms with Gasteiger partial charge in [0.2, 0.25) is 11.0 Å². The average Bonchev–Trinajstić information content (AvgIpc) is 3.07. The molecule has 0 spiro atoms. The molecule has 0 radical (unpaired) electrons. The predicted octanol–water partition coefficient (Wildman–Crippen LogP) is 3.25. The molecule has 0 bridgehead atoms. The van der Waals surface area contributed by atoms with Crippen LogP contribution in [0.25, 0.3) is 0 Å². The Morgan fingerprint density at radius 3 is 2.46 bits per heavy atom. The molecule has 0 aliphatic rings. The molecule has 0 saturated carbocycles. The van der Waals surface area contributed by atoms with Crippen molar-refractivity contribution in [3.8, 4) is 5.75 Å². The minimum absolute atomic E-state index is 0.254. The van der Waals surface area contributed by atoms with E-state index >= 15 is 0 Å². The molecule has 1 aromatic carbocycles. The second kappa shape index (κ2) is 9.49. The van der Waals surface area contributed by atoms with Crippen molar-refractivity contribution in [2.24, 2.45) is 0 Å². The third-order valence-electron chi connectivity index (χ3n) is 3.65. The molecule has 0 fully saturated rings. The van der Waals surface area contributed by atoms with E-state index in [-0.39, 0.29) is 5.13 Å². The molecular weight excluding hydrogens is 397 g/mol. The highest BCUT2D eigenvalue weighted by atomic mass is 32.1. The lowest BCUT2D eigenvalue weighted by atomic mass is 10.0. The van der Waals surface area contributed by atoms with Crippen LogP contribution in [-0.4, -0.2) is 35.3 Å². The number of ether oxygens (including phenoxy) is 1. The summed E-state index contributed by atoms with van der Waals surface area (Å²) in [7, 11) is 1.44. The van der Waals surface area contributed by atoms with E-state index in [1.54, 1.807) is 0 Å². The molecule has 0 aliphatic heterocycles. The second-order valence-electron chi connectivity index (χ2n) is 5.80. The Labute approximate surface area is 163 Å². The molecule has 1 aromatic heterocycles. The summed E-state index contributed by atoms with van der Waals surface area (Å²) in [5, 5.41) is 13.1. The van der Waals surface area contributed by atoms with Gasteiger partial charge in [-0.25, -0.2) is 0 Å². The number of rotatable bonds is 8. The summed E-state index contributed by atoms with van der Waals surface area (Å²) in [4.78, 5) is 23.7. The van der Waals surface area contributed by atoms with Crippen molar-refractivity contribution in [2.75, 3.05) is 12.4 Å². The molecule has 1 atom stereocenters. The number of aromatic nitrogens is 2. The molecule has 2 N–H and O–H groups in total. The Morgan fingerprint density at radius 2 is 1.89 bits per heavy atom. The van der Waals surface area contributed by atoms with Crippen LogP contribution in [0.5, 0.6) is 5.75 Å². The van der Waals surface area contributed by atoms with Gasteiger partial charge < -0.3 is 15.4 Å². The Hall–Kier alpha value is -2.69. The van der Waals surface area contributed by atoms with E-state index in [0.29, 0.717) is 17.7 Å². The van der Waals surface area contributed by atoms with Gasteiger partial charge >= 0.3 is 12.1 Å². The van der Waals surface area contributed by atoms with Crippen LogP contribution in [0.4, 0.5) is 18.3 Å².